The number of carbonyl (C=O) groups is 1. The van der Waals surface area contributed by atoms with Crippen LogP contribution in [0, 0.1) is 0 Å². The summed E-state index contributed by atoms with van der Waals surface area (Å²) in [6.07, 6.45) is 0. The van der Waals surface area contributed by atoms with Gasteiger partial charge in [-0.15, -0.1) is 12.4 Å². The lowest BCUT2D eigenvalue weighted by molar-refractivity contribution is 0.0797. The van der Waals surface area contributed by atoms with Crippen LogP contribution >= 0.6 is 39.9 Å². The first-order valence-electron chi connectivity index (χ1n) is 4.91. The highest BCUT2D eigenvalue weighted by molar-refractivity contribution is 9.10. The average molecular weight is 342 g/mol. The Kier molecular flexibility index (Phi) is 7.79. The summed E-state index contributed by atoms with van der Waals surface area (Å²) in [6.45, 7) is 1.45. The number of hydrogen-bond donors (Lipinski definition) is 1. The molecule has 1 amide bonds. The maximum atomic E-state index is 11.9. The molecular formula is C11H15BrCl2N2O. The number of nitrogens with one attached hydrogen (secondary N) is 1. The molecule has 0 radical (unpaired) electrons. The van der Waals surface area contributed by atoms with E-state index < -0.39 is 0 Å². The van der Waals surface area contributed by atoms with Crippen LogP contribution in [-0.4, -0.2) is 38.0 Å². The van der Waals surface area contributed by atoms with Gasteiger partial charge >= 0.3 is 0 Å². The lowest BCUT2D eigenvalue weighted by Crippen LogP contribution is -2.32. The molecule has 96 valence electrons. The molecule has 1 rings (SSSR count). The third-order valence-electron chi connectivity index (χ3n) is 2.21. The summed E-state index contributed by atoms with van der Waals surface area (Å²) >= 11 is 9.17. The van der Waals surface area contributed by atoms with Gasteiger partial charge in [-0.05, 0) is 41.2 Å². The van der Waals surface area contributed by atoms with Gasteiger partial charge in [-0.25, -0.2) is 0 Å². The Balaban J connectivity index is 0.00000256. The largest absolute Gasteiger partial charge is 0.340 e. The zero-order chi connectivity index (χ0) is 12.1. The van der Waals surface area contributed by atoms with Crippen molar-refractivity contribution in [1.82, 2.24) is 10.2 Å². The van der Waals surface area contributed by atoms with E-state index in [0.29, 0.717) is 17.1 Å². The maximum absolute atomic E-state index is 11.9. The highest BCUT2D eigenvalue weighted by Crippen LogP contribution is 2.23. The van der Waals surface area contributed by atoms with Crippen LogP contribution in [0.3, 0.4) is 0 Å². The van der Waals surface area contributed by atoms with E-state index in [4.69, 9.17) is 11.6 Å². The molecule has 17 heavy (non-hydrogen) atoms. The third kappa shape index (κ3) is 4.84. The van der Waals surface area contributed by atoms with Crippen LogP contribution in [0.15, 0.2) is 22.7 Å². The molecule has 0 unspecified atom stereocenters. The highest BCUT2D eigenvalue weighted by atomic mass is 79.9. The first-order valence-corrected chi connectivity index (χ1v) is 6.08. The molecule has 1 N–H and O–H groups in total. The van der Waals surface area contributed by atoms with Gasteiger partial charge in [-0.3, -0.25) is 4.79 Å². The van der Waals surface area contributed by atoms with Crippen molar-refractivity contribution in [2.75, 3.05) is 27.2 Å². The van der Waals surface area contributed by atoms with E-state index in [1.165, 1.54) is 0 Å². The molecule has 0 heterocycles. The van der Waals surface area contributed by atoms with Gasteiger partial charge < -0.3 is 10.2 Å². The van der Waals surface area contributed by atoms with Crippen molar-refractivity contribution in [1.29, 1.82) is 0 Å². The topological polar surface area (TPSA) is 32.3 Å². The molecule has 0 aromatic heterocycles. The predicted octanol–water partition coefficient (Wildman–Crippen LogP) is 2.82. The predicted molar refractivity (Wildman–Crippen MR) is 77.3 cm³/mol. The van der Waals surface area contributed by atoms with E-state index in [1.807, 2.05) is 7.05 Å². The monoisotopic (exact) mass is 340 g/mol. The zero-order valence-corrected chi connectivity index (χ0v) is 12.8. The van der Waals surface area contributed by atoms with Gasteiger partial charge in [0.15, 0.2) is 0 Å². The van der Waals surface area contributed by atoms with E-state index in [2.05, 4.69) is 21.2 Å². The number of hydrogen-bond acceptors (Lipinski definition) is 2. The molecule has 0 saturated heterocycles. The minimum Gasteiger partial charge on any atom is -0.340 e. The summed E-state index contributed by atoms with van der Waals surface area (Å²) < 4.78 is 0.738. The van der Waals surface area contributed by atoms with Crippen LogP contribution in [0.5, 0.6) is 0 Å². The summed E-state index contributed by atoms with van der Waals surface area (Å²) in [6, 6.07) is 5.18. The minimum atomic E-state index is -0.00684. The molecule has 0 aliphatic rings. The first kappa shape index (κ1) is 16.7. The van der Waals surface area contributed by atoms with Crippen LogP contribution in [-0.2, 0) is 0 Å². The number of likely N-dealkylation sites (N-methyl/N-ethyl adjacent to an activating group) is 2. The third-order valence-corrected chi connectivity index (χ3v) is 3.42. The summed E-state index contributed by atoms with van der Waals surface area (Å²) in [5, 5.41) is 3.61. The van der Waals surface area contributed by atoms with Crippen LogP contribution in [0.4, 0.5) is 0 Å². The molecule has 0 bridgehead atoms. The SMILES string of the molecule is CNCCN(C)C(=O)c1ccc(Cl)c(Br)c1.Cl. The Bertz CT molecular complexity index is 388. The zero-order valence-electron chi connectivity index (χ0n) is 9.67. The molecule has 3 nitrogen and oxygen atoms in total. The molecule has 0 aliphatic heterocycles. The normalized spacial score (nSPS) is 9.65. The van der Waals surface area contributed by atoms with Gasteiger partial charge in [-0.2, -0.15) is 0 Å². The lowest BCUT2D eigenvalue weighted by atomic mass is 10.2. The quantitative estimate of drug-likeness (QED) is 0.913. The fraction of sp³-hybridized carbons (Fsp3) is 0.364. The van der Waals surface area contributed by atoms with Crippen molar-refractivity contribution in [2.24, 2.45) is 0 Å². The van der Waals surface area contributed by atoms with Crippen molar-refractivity contribution in [3.8, 4) is 0 Å². The van der Waals surface area contributed by atoms with E-state index in [9.17, 15) is 4.79 Å². The summed E-state index contributed by atoms with van der Waals surface area (Å²) in [4.78, 5) is 13.6. The molecule has 6 heteroatoms. The van der Waals surface area contributed by atoms with Gasteiger partial charge in [0.1, 0.15) is 0 Å². The van der Waals surface area contributed by atoms with E-state index in [-0.39, 0.29) is 18.3 Å². The summed E-state index contributed by atoms with van der Waals surface area (Å²) in [5.74, 6) is -0.00684. The van der Waals surface area contributed by atoms with Crippen molar-refractivity contribution >= 4 is 45.8 Å². The molecule has 1 aromatic carbocycles. The fourth-order valence-electron chi connectivity index (χ4n) is 1.23. The Morgan fingerprint density at radius 1 is 1.53 bits per heavy atom. The molecule has 0 spiro atoms. The number of benzene rings is 1. The fourth-order valence-corrected chi connectivity index (χ4v) is 1.73. The van der Waals surface area contributed by atoms with Crippen molar-refractivity contribution in [3.05, 3.63) is 33.3 Å². The van der Waals surface area contributed by atoms with Crippen LogP contribution < -0.4 is 5.32 Å². The number of amides is 1. The molecule has 0 aliphatic carbocycles. The van der Waals surface area contributed by atoms with Gasteiger partial charge in [-0.1, -0.05) is 11.6 Å². The smallest absolute Gasteiger partial charge is 0.253 e. The van der Waals surface area contributed by atoms with Crippen LogP contribution in [0.25, 0.3) is 0 Å². The number of rotatable bonds is 4. The average Bonchev–Trinajstić information content (AvgIpc) is 2.28. The van der Waals surface area contributed by atoms with Crippen LogP contribution in [0.1, 0.15) is 10.4 Å². The van der Waals surface area contributed by atoms with E-state index >= 15 is 0 Å². The van der Waals surface area contributed by atoms with E-state index in [1.54, 1.807) is 30.1 Å². The Hall–Kier alpha value is -0.290. The second-order valence-electron chi connectivity index (χ2n) is 3.46. The second-order valence-corrected chi connectivity index (χ2v) is 4.72. The molecule has 0 atom stereocenters. The van der Waals surface area contributed by atoms with Crippen molar-refractivity contribution in [2.45, 2.75) is 0 Å². The molecule has 0 fully saturated rings. The molecular weight excluding hydrogens is 327 g/mol. The van der Waals surface area contributed by atoms with E-state index in [0.717, 1.165) is 11.0 Å². The van der Waals surface area contributed by atoms with Gasteiger partial charge in [0, 0.05) is 30.2 Å². The summed E-state index contributed by atoms with van der Waals surface area (Å²) in [5.41, 5.74) is 0.634. The van der Waals surface area contributed by atoms with Crippen molar-refractivity contribution < 1.29 is 4.79 Å². The summed E-state index contributed by atoms with van der Waals surface area (Å²) in [7, 11) is 3.64. The Morgan fingerprint density at radius 3 is 2.71 bits per heavy atom. The first-order chi connectivity index (χ1) is 7.56. The number of carbonyl (C=O) groups excluding carboxylic acids is 1. The maximum Gasteiger partial charge on any atom is 0.253 e. The molecule has 0 saturated carbocycles. The van der Waals surface area contributed by atoms with Crippen molar-refractivity contribution in [3.63, 3.8) is 0 Å². The Labute approximate surface area is 121 Å². The number of halogens is 3. The lowest BCUT2D eigenvalue weighted by Gasteiger charge is -2.17. The Morgan fingerprint density at radius 2 is 2.18 bits per heavy atom. The van der Waals surface area contributed by atoms with Gasteiger partial charge in [0.2, 0.25) is 0 Å². The second kappa shape index (κ2) is 7.93. The standard InChI is InChI=1S/C11H14BrClN2O.ClH/c1-14-5-6-15(2)11(16)8-3-4-10(13)9(12)7-8;/h3-4,7,14H,5-6H2,1-2H3;1H. The van der Waals surface area contributed by atoms with Gasteiger partial charge in [0.25, 0.3) is 5.91 Å². The minimum absolute atomic E-state index is 0. The number of nitrogens with zero attached hydrogens (tertiary/aromatic N) is 1. The van der Waals surface area contributed by atoms with Gasteiger partial charge in [0.05, 0.1) is 5.02 Å². The molecule has 1 aromatic rings. The van der Waals surface area contributed by atoms with Crippen LogP contribution in [0.2, 0.25) is 5.02 Å². The highest BCUT2D eigenvalue weighted by Gasteiger charge is 2.12.